The normalized spacial score (nSPS) is 11.7. The number of alkyl halides is 3. The number of carbonyl (C=O) groups excluding carboxylic acids is 1. The van der Waals surface area contributed by atoms with E-state index in [1.54, 1.807) is 40.9 Å². The first-order valence-corrected chi connectivity index (χ1v) is 7.86. The van der Waals surface area contributed by atoms with Crippen LogP contribution >= 0.6 is 11.3 Å². The summed E-state index contributed by atoms with van der Waals surface area (Å²) in [7, 11) is 0. The molecule has 1 aromatic heterocycles. The van der Waals surface area contributed by atoms with Crippen molar-refractivity contribution in [3.8, 4) is 5.75 Å². The van der Waals surface area contributed by atoms with Crippen LogP contribution in [0.3, 0.4) is 0 Å². The molecule has 0 aliphatic carbocycles. The first-order valence-electron chi connectivity index (χ1n) is 6.98. The number of aromatic nitrogens is 1. The number of hydrogen-bond donors (Lipinski definition) is 1. The number of rotatable bonds is 6. The Morgan fingerprint density at radius 2 is 2.04 bits per heavy atom. The third kappa shape index (κ3) is 6.41. The molecule has 4 nitrogen and oxygen atoms in total. The van der Waals surface area contributed by atoms with Crippen molar-refractivity contribution in [2.75, 3.05) is 6.54 Å². The van der Waals surface area contributed by atoms with Gasteiger partial charge >= 0.3 is 6.18 Å². The summed E-state index contributed by atoms with van der Waals surface area (Å²) in [5.41, 5.74) is 1.52. The van der Waals surface area contributed by atoms with E-state index in [-0.39, 0.29) is 0 Å². The van der Waals surface area contributed by atoms with Crippen molar-refractivity contribution in [2.24, 2.45) is 0 Å². The summed E-state index contributed by atoms with van der Waals surface area (Å²) < 4.78 is 41.5. The van der Waals surface area contributed by atoms with E-state index >= 15 is 0 Å². The Bertz CT molecular complexity index is 709. The number of benzene rings is 1. The fourth-order valence-corrected chi connectivity index (χ4v) is 2.32. The molecule has 0 aliphatic heterocycles. The van der Waals surface area contributed by atoms with Crippen LogP contribution in [-0.4, -0.2) is 23.6 Å². The van der Waals surface area contributed by atoms with Crippen LogP contribution in [0.5, 0.6) is 5.75 Å². The van der Waals surface area contributed by atoms with Crippen LogP contribution in [0.15, 0.2) is 35.7 Å². The topological polar surface area (TPSA) is 51.2 Å². The van der Waals surface area contributed by atoms with Gasteiger partial charge in [0.2, 0.25) is 5.91 Å². The van der Waals surface area contributed by atoms with E-state index in [1.807, 2.05) is 12.3 Å². The lowest BCUT2D eigenvalue weighted by Gasteiger charge is -2.06. The van der Waals surface area contributed by atoms with Gasteiger partial charge in [-0.1, -0.05) is 12.1 Å². The van der Waals surface area contributed by atoms with Gasteiger partial charge in [-0.05, 0) is 30.7 Å². The Morgan fingerprint density at radius 1 is 1.33 bits per heavy atom. The van der Waals surface area contributed by atoms with Crippen molar-refractivity contribution in [3.63, 3.8) is 0 Å². The number of thiazole rings is 1. The molecule has 1 amide bonds. The molecule has 1 aromatic carbocycles. The van der Waals surface area contributed by atoms with Gasteiger partial charge in [0.15, 0.2) is 0 Å². The van der Waals surface area contributed by atoms with Crippen molar-refractivity contribution < 1.29 is 22.7 Å². The maximum Gasteiger partial charge on any atom is 0.405 e. The van der Waals surface area contributed by atoms with Gasteiger partial charge in [-0.3, -0.25) is 4.79 Å². The lowest BCUT2D eigenvalue weighted by Crippen LogP contribution is -2.32. The van der Waals surface area contributed by atoms with Crippen LogP contribution in [0.25, 0.3) is 6.08 Å². The number of carbonyl (C=O) groups is 1. The van der Waals surface area contributed by atoms with Gasteiger partial charge in [0, 0.05) is 11.5 Å². The predicted octanol–water partition coefficient (Wildman–Crippen LogP) is 3.72. The smallest absolute Gasteiger partial charge is 0.405 e. The SMILES string of the molecule is Cc1nc(COc2ccc(/C=C/C(=O)NCC(F)(F)F)cc2)cs1. The highest BCUT2D eigenvalue weighted by Crippen LogP contribution is 2.16. The highest BCUT2D eigenvalue weighted by Gasteiger charge is 2.27. The van der Waals surface area contributed by atoms with Gasteiger partial charge in [0.1, 0.15) is 18.9 Å². The van der Waals surface area contributed by atoms with Gasteiger partial charge in [-0.2, -0.15) is 13.2 Å². The van der Waals surface area contributed by atoms with Crippen LogP contribution in [0.4, 0.5) is 13.2 Å². The second-order valence-corrected chi connectivity index (χ2v) is 5.94. The zero-order chi connectivity index (χ0) is 17.6. The molecular weight excluding hydrogens is 341 g/mol. The molecule has 1 N–H and O–H groups in total. The van der Waals surface area contributed by atoms with Gasteiger partial charge in [-0.15, -0.1) is 11.3 Å². The zero-order valence-electron chi connectivity index (χ0n) is 12.8. The van der Waals surface area contributed by atoms with E-state index in [4.69, 9.17) is 4.74 Å². The third-order valence-electron chi connectivity index (χ3n) is 2.82. The van der Waals surface area contributed by atoms with Crippen molar-refractivity contribution in [2.45, 2.75) is 19.7 Å². The predicted molar refractivity (Wildman–Crippen MR) is 85.7 cm³/mol. The molecule has 0 bridgehead atoms. The number of nitrogens with zero attached hydrogens (tertiary/aromatic N) is 1. The zero-order valence-corrected chi connectivity index (χ0v) is 13.6. The van der Waals surface area contributed by atoms with Crippen LogP contribution in [0.2, 0.25) is 0 Å². The minimum absolute atomic E-state index is 0.360. The quantitative estimate of drug-likeness (QED) is 0.803. The van der Waals surface area contributed by atoms with E-state index in [1.165, 1.54) is 6.08 Å². The fourth-order valence-electron chi connectivity index (χ4n) is 1.73. The Balaban J connectivity index is 1.83. The maximum atomic E-state index is 12.0. The number of hydrogen-bond acceptors (Lipinski definition) is 4. The van der Waals surface area contributed by atoms with Crippen LogP contribution in [-0.2, 0) is 11.4 Å². The molecule has 0 atom stereocenters. The first-order chi connectivity index (χ1) is 11.3. The van der Waals surface area contributed by atoms with Gasteiger partial charge < -0.3 is 10.1 Å². The molecule has 0 saturated heterocycles. The molecule has 0 unspecified atom stereocenters. The van der Waals surface area contributed by atoms with E-state index in [0.717, 1.165) is 16.8 Å². The standard InChI is InChI=1S/C16H15F3N2O2S/c1-11-21-13(9-24-11)8-23-14-5-2-12(3-6-14)4-7-15(22)20-10-16(17,18)19/h2-7,9H,8,10H2,1H3,(H,20,22)/b7-4+. The lowest BCUT2D eigenvalue weighted by molar-refractivity contribution is -0.135. The summed E-state index contributed by atoms with van der Waals surface area (Å²) in [6, 6.07) is 6.84. The minimum Gasteiger partial charge on any atom is -0.487 e. The van der Waals surface area contributed by atoms with Crippen molar-refractivity contribution in [1.29, 1.82) is 0 Å². The van der Waals surface area contributed by atoms with Crippen molar-refractivity contribution >= 4 is 23.3 Å². The average molecular weight is 356 g/mol. The molecule has 128 valence electrons. The fraction of sp³-hybridized carbons (Fsp3) is 0.250. The molecule has 24 heavy (non-hydrogen) atoms. The molecule has 0 aliphatic rings. The number of amides is 1. The maximum absolute atomic E-state index is 12.0. The van der Waals surface area contributed by atoms with E-state index < -0.39 is 18.6 Å². The largest absolute Gasteiger partial charge is 0.487 e. The summed E-state index contributed by atoms with van der Waals surface area (Å²) in [6.07, 6.45) is -1.93. The molecule has 1 heterocycles. The van der Waals surface area contributed by atoms with Gasteiger partial charge in [-0.25, -0.2) is 4.98 Å². The Hall–Kier alpha value is -2.35. The molecule has 8 heteroatoms. The highest BCUT2D eigenvalue weighted by atomic mass is 32.1. The second kappa shape index (κ2) is 7.96. The molecule has 2 rings (SSSR count). The van der Waals surface area contributed by atoms with Gasteiger partial charge in [0.25, 0.3) is 0 Å². The molecule has 0 radical (unpaired) electrons. The van der Waals surface area contributed by atoms with E-state index in [2.05, 4.69) is 4.98 Å². The van der Waals surface area contributed by atoms with Crippen LogP contribution in [0, 0.1) is 6.92 Å². The molecule has 0 saturated carbocycles. The summed E-state index contributed by atoms with van der Waals surface area (Å²) in [4.78, 5) is 15.5. The molecule has 0 spiro atoms. The van der Waals surface area contributed by atoms with E-state index in [0.29, 0.717) is 17.9 Å². The average Bonchev–Trinajstić information content (AvgIpc) is 2.95. The Labute approximate surface area is 141 Å². The summed E-state index contributed by atoms with van der Waals surface area (Å²) >= 11 is 1.55. The molecular formula is C16H15F3N2O2S. The number of nitrogens with one attached hydrogen (secondary N) is 1. The number of halogens is 3. The van der Waals surface area contributed by atoms with E-state index in [9.17, 15) is 18.0 Å². The highest BCUT2D eigenvalue weighted by molar-refractivity contribution is 7.09. The Morgan fingerprint density at radius 3 is 2.62 bits per heavy atom. The monoisotopic (exact) mass is 356 g/mol. The number of ether oxygens (including phenoxy) is 1. The summed E-state index contributed by atoms with van der Waals surface area (Å²) in [5, 5.41) is 4.66. The van der Waals surface area contributed by atoms with Crippen LogP contribution < -0.4 is 10.1 Å². The lowest BCUT2D eigenvalue weighted by atomic mass is 10.2. The van der Waals surface area contributed by atoms with Crippen molar-refractivity contribution in [1.82, 2.24) is 10.3 Å². The number of aryl methyl sites for hydroxylation is 1. The summed E-state index contributed by atoms with van der Waals surface area (Å²) in [6.45, 7) is 0.929. The first kappa shape index (κ1) is 18.0. The molecule has 2 aromatic rings. The molecule has 0 fully saturated rings. The van der Waals surface area contributed by atoms with Crippen LogP contribution in [0.1, 0.15) is 16.3 Å². The third-order valence-corrected chi connectivity index (χ3v) is 3.65. The van der Waals surface area contributed by atoms with Crippen molar-refractivity contribution in [3.05, 3.63) is 52.0 Å². The minimum atomic E-state index is -4.42. The summed E-state index contributed by atoms with van der Waals surface area (Å²) in [5.74, 6) is -0.161. The Kier molecular flexibility index (Phi) is 5.97. The van der Waals surface area contributed by atoms with Gasteiger partial charge in [0.05, 0.1) is 10.7 Å². The second-order valence-electron chi connectivity index (χ2n) is 4.88.